The molecule has 0 radical (unpaired) electrons. The molecule has 2 aromatic carbocycles. The Morgan fingerprint density at radius 3 is 2.54 bits per heavy atom. The number of nitrogens with one attached hydrogen (secondary N) is 1. The number of hydrogen-bond acceptors (Lipinski definition) is 3. The summed E-state index contributed by atoms with van der Waals surface area (Å²) >= 11 is 0. The van der Waals surface area contributed by atoms with Crippen molar-refractivity contribution in [2.75, 3.05) is 31.6 Å². The summed E-state index contributed by atoms with van der Waals surface area (Å²) in [5.74, 6) is -0.478. The molecule has 0 spiro atoms. The van der Waals surface area contributed by atoms with Gasteiger partial charge in [0.1, 0.15) is 5.82 Å². The summed E-state index contributed by atoms with van der Waals surface area (Å²) in [5.41, 5.74) is 2.62. The minimum atomic E-state index is -0.326. The largest absolute Gasteiger partial charge is 0.379 e. The number of carbonyl (C=O) groups excluding carboxylic acids is 1. The molecule has 5 heteroatoms. The van der Waals surface area contributed by atoms with E-state index in [0.29, 0.717) is 5.56 Å². The average Bonchev–Trinajstić information content (AvgIpc) is 2.57. The Morgan fingerprint density at radius 1 is 1.08 bits per heavy atom. The molecule has 3 rings (SSSR count). The minimum Gasteiger partial charge on any atom is -0.379 e. The van der Waals surface area contributed by atoms with Crippen LogP contribution < -0.4 is 5.32 Å². The van der Waals surface area contributed by atoms with E-state index < -0.39 is 0 Å². The number of amides is 1. The third kappa shape index (κ3) is 4.88. The van der Waals surface area contributed by atoms with Gasteiger partial charge in [0.15, 0.2) is 0 Å². The van der Waals surface area contributed by atoms with Crippen molar-refractivity contribution in [3.8, 4) is 0 Å². The van der Waals surface area contributed by atoms with Gasteiger partial charge in [0, 0.05) is 25.3 Å². The maximum Gasteiger partial charge on any atom is 0.228 e. The van der Waals surface area contributed by atoms with Crippen LogP contribution in [0.15, 0.2) is 48.5 Å². The van der Waals surface area contributed by atoms with Gasteiger partial charge in [0.05, 0.1) is 19.6 Å². The molecule has 0 atom stereocenters. The molecular formula is C19H21FN2O2. The summed E-state index contributed by atoms with van der Waals surface area (Å²) in [4.78, 5) is 14.4. The smallest absolute Gasteiger partial charge is 0.228 e. The summed E-state index contributed by atoms with van der Waals surface area (Å²) < 4.78 is 18.5. The second-order valence-electron chi connectivity index (χ2n) is 5.94. The molecule has 0 unspecified atom stereocenters. The molecule has 4 nitrogen and oxygen atoms in total. The van der Waals surface area contributed by atoms with E-state index in [1.54, 1.807) is 12.1 Å². The molecule has 1 N–H and O–H groups in total. The van der Waals surface area contributed by atoms with Gasteiger partial charge in [-0.25, -0.2) is 4.39 Å². The normalized spacial score (nSPS) is 15.2. The third-order valence-electron chi connectivity index (χ3n) is 4.00. The van der Waals surface area contributed by atoms with Crippen molar-refractivity contribution in [3.05, 3.63) is 65.5 Å². The molecule has 1 fully saturated rings. The van der Waals surface area contributed by atoms with Crippen molar-refractivity contribution in [2.24, 2.45) is 0 Å². The van der Waals surface area contributed by atoms with Crippen LogP contribution in [-0.4, -0.2) is 37.1 Å². The van der Waals surface area contributed by atoms with Crippen molar-refractivity contribution < 1.29 is 13.9 Å². The number of rotatable bonds is 5. The molecule has 126 valence electrons. The van der Waals surface area contributed by atoms with Gasteiger partial charge in [0.25, 0.3) is 0 Å². The van der Waals surface area contributed by atoms with Crippen LogP contribution in [0.1, 0.15) is 11.1 Å². The zero-order valence-corrected chi connectivity index (χ0v) is 13.5. The Labute approximate surface area is 141 Å². The summed E-state index contributed by atoms with van der Waals surface area (Å²) in [6.07, 6.45) is 0.160. The monoisotopic (exact) mass is 328 g/mol. The zero-order valence-electron chi connectivity index (χ0n) is 13.5. The van der Waals surface area contributed by atoms with Crippen molar-refractivity contribution in [1.82, 2.24) is 4.90 Å². The van der Waals surface area contributed by atoms with E-state index in [1.807, 2.05) is 24.3 Å². The van der Waals surface area contributed by atoms with Crippen LogP contribution in [0.25, 0.3) is 0 Å². The van der Waals surface area contributed by atoms with Gasteiger partial charge in [-0.05, 0) is 35.4 Å². The Morgan fingerprint density at radius 2 is 1.83 bits per heavy atom. The molecule has 0 aromatic heterocycles. The first-order valence-corrected chi connectivity index (χ1v) is 8.12. The van der Waals surface area contributed by atoms with Gasteiger partial charge in [-0.3, -0.25) is 9.69 Å². The highest BCUT2D eigenvalue weighted by molar-refractivity contribution is 5.92. The minimum absolute atomic E-state index is 0.151. The third-order valence-corrected chi connectivity index (χ3v) is 4.00. The predicted molar refractivity (Wildman–Crippen MR) is 91.3 cm³/mol. The van der Waals surface area contributed by atoms with Crippen LogP contribution >= 0.6 is 0 Å². The van der Waals surface area contributed by atoms with Crippen LogP contribution in [0.3, 0.4) is 0 Å². The number of carbonyl (C=O) groups is 1. The van der Waals surface area contributed by atoms with Crippen LogP contribution in [0.5, 0.6) is 0 Å². The lowest BCUT2D eigenvalue weighted by Gasteiger charge is -2.26. The molecular weight excluding hydrogens is 307 g/mol. The first kappa shape index (κ1) is 16.6. The summed E-state index contributed by atoms with van der Waals surface area (Å²) in [5, 5.41) is 2.85. The average molecular weight is 328 g/mol. The fourth-order valence-corrected chi connectivity index (χ4v) is 2.75. The summed E-state index contributed by atoms with van der Waals surface area (Å²) in [6.45, 7) is 4.36. The molecule has 0 bridgehead atoms. The van der Waals surface area contributed by atoms with Crippen molar-refractivity contribution in [3.63, 3.8) is 0 Å². The van der Waals surface area contributed by atoms with E-state index in [9.17, 15) is 9.18 Å². The summed E-state index contributed by atoms with van der Waals surface area (Å²) in [6, 6.07) is 13.9. The maximum absolute atomic E-state index is 13.1. The van der Waals surface area contributed by atoms with E-state index in [-0.39, 0.29) is 18.1 Å². The molecule has 0 aliphatic carbocycles. The number of anilines is 1. The van der Waals surface area contributed by atoms with Crippen molar-refractivity contribution >= 4 is 11.6 Å². The van der Waals surface area contributed by atoms with Crippen LogP contribution in [-0.2, 0) is 22.5 Å². The van der Waals surface area contributed by atoms with E-state index in [1.165, 1.54) is 17.7 Å². The Hall–Kier alpha value is -2.24. The lowest BCUT2D eigenvalue weighted by Crippen LogP contribution is -2.35. The number of benzene rings is 2. The lowest BCUT2D eigenvalue weighted by atomic mass is 10.1. The Balaban J connectivity index is 1.52. The molecule has 24 heavy (non-hydrogen) atoms. The quantitative estimate of drug-likeness (QED) is 0.918. The lowest BCUT2D eigenvalue weighted by molar-refractivity contribution is -0.115. The van der Waals surface area contributed by atoms with E-state index in [0.717, 1.165) is 38.5 Å². The van der Waals surface area contributed by atoms with Crippen LogP contribution in [0.2, 0.25) is 0 Å². The Bertz CT molecular complexity index is 682. The number of morpholine rings is 1. The van der Waals surface area contributed by atoms with Crippen LogP contribution in [0, 0.1) is 5.82 Å². The second kappa shape index (κ2) is 8.04. The molecule has 1 aliphatic rings. The standard InChI is InChI=1S/C19H21FN2O2/c20-17-3-1-2-16(12-17)13-19(23)21-18-6-4-15(5-7-18)14-22-8-10-24-11-9-22/h1-7,12H,8-11,13-14H2,(H,21,23). The fraction of sp³-hybridized carbons (Fsp3) is 0.316. The first-order chi connectivity index (χ1) is 11.7. The molecule has 1 saturated heterocycles. The predicted octanol–water partition coefficient (Wildman–Crippen LogP) is 2.84. The van der Waals surface area contributed by atoms with Crippen molar-refractivity contribution in [2.45, 2.75) is 13.0 Å². The highest BCUT2D eigenvalue weighted by atomic mass is 19.1. The SMILES string of the molecule is O=C(Cc1cccc(F)c1)Nc1ccc(CN2CCOCC2)cc1. The van der Waals surface area contributed by atoms with Gasteiger partial charge in [0.2, 0.25) is 5.91 Å². The van der Waals surface area contributed by atoms with E-state index in [2.05, 4.69) is 10.2 Å². The highest BCUT2D eigenvalue weighted by Crippen LogP contribution is 2.13. The molecule has 0 saturated carbocycles. The number of halogens is 1. The Kier molecular flexibility index (Phi) is 5.56. The molecule has 2 aromatic rings. The number of ether oxygens (including phenoxy) is 1. The van der Waals surface area contributed by atoms with Gasteiger partial charge in [-0.2, -0.15) is 0 Å². The van der Waals surface area contributed by atoms with Crippen molar-refractivity contribution in [1.29, 1.82) is 0 Å². The van der Waals surface area contributed by atoms with E-state index in [4.69, 9.17) is 4.74 Å². The molecule has 1 amide bonds. The first-order valence-electron chi connectivity index (χ1n) is 8.12. The number of nitrogens with zero attached hydrogens (tertiary/aromatic N) is 1. The zero-order chi connectivity index (χ0) is 16.8. The van der Waals surface area contributed by atoms with E-state index >= 15 is 0 Å². The van der Waals surface area contributed by atoms with Gasteiger partial charge in [-0.1, -0.05) is 24.3 Å². The molecule has 1 heterocycles. The second-order valence-corrected chi connectivity index (χ2v) is 5.94. The maximum atomic E-state index is 13.1. The van der Waals surface area contributed by atoms with Gasteiger partial charge >= 0.3 is 0 Å². The number of hydrogen-bond donors (Lipinski definition) is 1. The van der Waals surface area contributed by atoms with Gasteiger partial charge < -0.3 is 10.1 Å². The highest BCUT2D eigenvalue weighted by Gasteiger charge is 2.11. The fourth-order valence-electron chi connectivity index (χ4n) is 2.75. The molecule has 1 aliphatic heterocycles. The topological polar surface area (TPSA) is 41.6 Å². The van der Waals surface area contributed by atoms with Gasteiger partial charge in [-0.15, -0.1) is 0 Å². The summed E-state index contributed by atoms with van der Waals surface area (Å²) in [7, 11) is 0. The van der Waals surface area contributed by atoms with Crippen LogP contribution in [0.4, 0.5) is 10.1 Å².